The molecule has 2 saturated carbocycles. The molecule has 2 aliphatic carbocycles. The van der Waals surface area contributed by atoms with Crippen LogP contribution in [0.1, 0.15) is 111 Å². The number of carbonyl (C=O) groups is 2. The van der Waals surface area contributed by atoms with E-state index in [2.05, 4.69) is 186 Å². The van der Waals surface area contributed by atoms with E-state index in [1.165, 1.54) is 59.6 Å². The van der Waals surface area contributed by atoms with Crippen molar-refractivity contribution in [1.82, 2.24) is 24.8 Å². The number of aromatic nitrogens is 4. The highest BCUT2D eigenvalue weighted by molar-refractivity contribution is 7.24. The summed E-state index contributed by atoms with van der Waals surface area (Å²) in [5.41, 5.74) is 14.3. The second kappa shape index (κ2) is 21.4. The van der Waals surface area contributed by atoms with Crippen molar-refractivity contribution in [2.24, 2.45) is 29.1 Å². The van der Waals surface area contributed by atoms with Gasteiger partial charge in [-0.25, -0.2) is 9.97 Å². The predicted octanol–water partition coefficient (Wildman–Crippen LogP) is 17.7. The van der Waals surface area contributed by atoms with E-state index in [4.69, 9.17) is 9.97 Å². The maximum atomic E-state index is 12.2. The van der Waals surface area contributed by atoms with Crippen molar-refractivity contribution >= 4 is 81.6 Å². The fraction of sp³-hybridized carbons (Fsp3) is 0.294. The van der Waals surface area contributed by atoms with Crippen LogP contribution in [-0.2, 0) is 9.59 Å². The van der Waals surface area contributed by atoms with Gasteiger partial charge in [0.1, 0.15) is 12.6 Å². The number of rotatable bonds is 8. The van der Waals surface area contributed by atoms with Gasteiger partial charge < -0.3 is 19.6 Å². The second-order valence-electron chi connectivity index (χ2n) is 22.2. The van der Waals surface area contributed by atoms with Crippen LogP contribution < -0.4 is 0 Å². The lowest BCUT2D eigenvalue weighted by atomic mass is 9.82. The number of aldehydes is 2. The first-order valence-electron chi connectivity index (χ1n) is 28.1. The number of H-pyrrole nitrogens is 2. The zero-order valence-corrected chi connectivity index (χ0v) is 45.4. The summed E-state index contributed by atoms with van der Waals surface area (Å²) in [6.07, 6.45) is 24.8. The van der Waals surface area contributed by atoms with Gasteiger partial charge in [0.05, 0.1) is 28.2 Å². The lowest BCUT2D eigenvalue weighted by Crippen LogP contribution is -2.20. The molecule has 5 aromatic heterocycles. The lowest BCUT2D eigenvalue weighted by Gasteiger charge is -2.26. The zero-order valence-electron chi connectivity index (χ0n) is 43.8. The Kier molecular flexibility index (Phi) is 13.8. The zero-order chi connectivity index (χ0) is 51.9. The SMILES string of the molecule is CN1CC2CCCCC3C(CCCCCCCCC2C1c1ccc(-c2ccc(-c4c5nc(c(-c6ccccc6)c6ccc([nH]6)c(-c6ccccc6)c6nc(c(-c7ccccc7)c7ccc4[nH]7)C=C6)C=C5)s2)s1)C3(C=O)C=O. The van der Waals surface area contributed by atoms with Gasteiger partial charge in [-0.1, -0.05) is 142 Å². The Labute approximate surface area is 459 Å². The molecule has 0 spiro atoms. The topological polar surface area (TPSA) is 94.7 Å². The smallest absolute Gasteiger partial charge is 0.133 e. The third-order valence-electron chi connectivity index (χ3n) is 17.7. The maximum absolute atomic E-state index is 12.2. The van der Waals surface area contributed by atoms with Crippen molar-refractivity contribution in [3.05, 3.63) is 167 Å². The predicted molar refractivity (Wildman–Crippen MR) is 321 cm³/mol. The van der Waals surface area contributed by atoms with Gasteiger partial charge in [0.25, 0.3) is 0 Å². The molecule has 1 saturated heterocycles. The van der Waals surface area contributed by atoms with Crippen LogP contribution in [0.4, 0.5) is 0 Å². The summed E-state index contributed by atoms with van der Waals surface area (Å²) in [6, 6.07) is 50.4. The molecule has 3 fully saturated rings. The Bertz CT molecular complexity index is 3650. The molecule has 0 amide bonds. The quantitative estimate of drug-likeness (QED) is 0.117. The highest BCUT2D eigenvalue weighted by atomic mass is 32.1. The van der Waals surface area contributed by atoms with Crippen LogP contribution >= 0.6 is 22.7 Å². The monoisotopic (exact) mass is 1050 g/mol. The minimum Gasteiger partial charge on any atom is -0.354 e. The van der Waals surface area contributed by atoms with Crippen molar-refractivity contribution in [3.8, 4) is 53.6 Å². The van der Waals surface area contributed by atoms with Gasteiger partial charge in [0, 0.05) is 76.4 Å². The van der Waals surface area contributed by atoms with E-state index in [9.17, 15) is 9.59 Å². The number of hydrogen-bond donors (Lipinski definition) is 2. The van der Waals surface area contributed by atoms with Crippen LogP contribution in [0.25, 0.3) is 99.9 Å². The molecule has 5 atom stereocenters. The Morgan fingerprint density at radius 1 is 0.468 bits per heavy atom. The molecule has 7 nitrogen and oxygen atoms in total. The molecule has 3 aliphatic heterocycles. The van der Waals surface area contributed by atoms with E-state index in [0.29, 0.717) is 17.9 Å². The first kappa shape index (κ1) is 49.5. The van der Waals surface area contributed by atoms with Crippen LogP contribution in [0.5, 0.6) is 0 Å². The van der Waals surface area contributed by atoms with Crippen LogP contribution in [-0.4, -0.2) is 51.0 Å². The molecule has 0 radical (unpaired) electrons. The standard InChI is InChI=1S/C68H65N5O2S2/c1-73-41-47-25-17-18-28-50-49(68(50,42-74)43-75)27-16-5-3-2-4-15-26-48(47)67(73)62-40-38-60(77-62)59-37-39-61(76-59)66-57-35-33-55(71-57)64(45-21-11-7-12-22-45)53-31-29-51(69-53)63(44-19-9-6-10-20-44)52-30-32-54(70-52)65(46-23-13-8-14-24-46)56-34-36-58(66)72-56/h6-14,19-24,29-40,42-43,47-50,67,69,72H,2-5,15-18,25-28,41H2,1H3. The lowest BCUT2D eigenvalue weighted by molar-refractivity contribution is -0.122. The third-order valence-corrected chi connectivity index (χ3v) is 20.1. The Hall–Kier alpha value is -7.04. The van der Waals surface area contributed by atoms with E-state index < -0.39 is 5.41 Å². The van der Waals surface area contributed by atoms with Crippen molar-refractivity contribution < 1.29 is 9.59 Å². The molecule has 8 heterocycles. The molecule has 3 aromatic carbocycles. The van der Waals surface area contributed by atoms with Gasteiger partial charge in [0.2, 0.25) is 0 Å². The van der Waals surface area contributed by atoms with Gasteiger partial charge in [-0.3, -0.25) is 4.90 Å². The van der Waals surface area contributed by atoms with Crippen LogP contribution in [0.2, 0.25) is 0 Å². The number of fused-ring (bicyclic) bond motifs is 10. The number of carbonyl (C=O) groups excluding carboxylic acids is 2. The Morgan fingerprint density at radius 2 is 0.883 bits per heavy atom. The first-order valence-corrected chi connectivity index (χ1v) is 29.8. The number of thiophene rings is 2. The van der Waals surface area contributed by atoms with Crippen molar-refractivity contribution in [2.75, 3.05) is 13.6 Å². The largest absolute Gasteiger partial charge is 0.354 e. The summed E-state index contributed by atoms with van der Waals surface area (Å²) in [6.45, 7) is 1.11. The summed E-state index contributed by atoms with van der Waals surface area (Å²) < 4.78 is 0. The Morgan fingerprint density at radius 3 is 1.40 bits per heavy atom. The van der Waals surface area contributed by atoms with Crippen molar-refractivity contribution in [3.63, 3.8) is 0 Å². The molecular weight excluding hydrogens is 983 g/mol. The average molecular weight is 1050 g/mol. The van der Waals surface area contributed by atoms with E-state index in [-0.39, 0.29) is 11.8 Å². The molecular formula is C68H65N5O2S2. The minimum absolute atomic E-state index is 0.245. The average Bonchev–Trinajstić information content (AvgIpc) is 4.49. The molecule has 386 valence electrons. The molecule has 2 N–H and O–H groups in total. The molecule has 77 heavy (non-hydrogen) atoms. The minimum atomic E-state index is -0.708. The summed E-state index contributed by atoms with van der Waals surface area (Å²) >= 11 is 3.82. The van der Waals surface area contributed by atoms with Gasteiger partial charge in [-0.15, -0.1) is 22.7 Å². The Balaban J connectivity index is 0.896. The first-order chi connectivity index (χ1) is 38.0. The molecule has 8 aromatic rings. The molecule has 5 unspecified atom stereocenters. The normalized spacial score (nSPS) is 21.6. The number of hydrogen-bond acceptors (Lipinski definition) is 7. The van der Waals surface area contributed by atoms with E-state index >= 15 is 0 Å². The van der Waals surface area contributed by atoms with Gasteiger partial charge in [0.15, 0.2) is 0 Å². The highest BCUT2D eigenvalue weighted by Crippen LogP contribution is 2.61. The van der Waals surface area contributed by atoms with Gasteiger partial charge >= 0.3 is 0 Å². The molecule has 8 bridgehead atoms. The number of aromatic amines is 2. The summed E-state index contributed by atoms with van der Waals surface area (Å²) in [5, 5.41) is 0. The molecule has 9 heteroatoms. The molecule has 13 rings (SSSR count). The number of benzene rings is 3. The summed E-state index contributed by atoms with van der Waals surface area (Å²) in [5.74, 6) is 1.75. The van der Waals surface area contributed by atoms with E-state index in [1.54, 1.807) is 0 Å². The van der Waals surface area contributed by atoms with Crippen LogP contribution in [0.3, 0.4) is 0 Å². The van der Waals surface area contributed by atoms with E-state index in [1.807, 2.05) is 22.7 Å². The summed E-state index contributed by atoms with van der Waals surface area (Å²) in [4.78, 5) is 51.1. The van der Waals surface area contributed by atoms with Gasteiger partial charge in [-0.05, 0) is 146 Å². The number of nitrogens with one attached hydrogen (secondary N) is 2. The van der Waals surface area contributed by atoms with Gasteiger partial charge in [-0.2, -0.15) is 0 Å². The number of nitrogens with zero attached hydrogens (tertiary/aromatic N) is 3. The molecule has 5 aliphatic rings. The van der Waals surface area contributed by atoms with Crippen molar-refractivity contribution in [1.29, 1.82) is 0 Å². The fourth-order valence-electron chi connectivity index (χ4n) is 13.9. The van der Waals surface area contributed by atoms with Crippen molar-refractivity contribution in [2.45, 2.75) is 83.1 Å². The summed E-state index contributed by atoms with van der Waals surface area (Å²) in [7, 11) is 2.35. The fourth-order valence-corrected chi connectivity index (χ4v) is 16.3. The second-order valence-corrected chi connectivity index (χ2v) is 24.4. The van der Waals surface area contributed by atoms with Crippen LogP contribution in [0.15, 0.2) is 140 Å². The highest BCUT2D eigenvalue weighted by Gasteiger charge is 2.63. The maximum Gasteiger partial charge on any atom is 0.133 e. The number of likely N-dealkylation sites (tertiary alicyclic amines) is 1. The van der Waals surface area contributed by atoms with Crippen LogP contribution in [0, 0.1) is 29.1 Å². The third kappa shape index (κ3) is 9.44. The van der Waals surface area contributed by atoms with E-state index in [0.717, 1.165) is 140 Å².